The first-order valence-electron chi connectivity index (χ1n) is 7.38. The van der Waals surface area contributed by atoms with Crippen molar-refractivity contribution < 1.29 is 14.7 Å². The van der Waals surface area contributed by atoms with Gasteiger partial charge in [0.1, 0.15) is 5.01 Å². The summed E-state index contributed by atoms with van der Waals surface area (Å²) in [5.74, 6) is -1.03. The molecule has 1 atom stereocenters. The molecule has 1 aliphatic rings. The van der Waals surface area contributed by atoms with Gasteiger partial charge >= 0.3 is 5.97 Å². The SMILES string of the molecule is Cc1csc(C(C)NC(=O)CC2(C(=O)O)CCCCC2)n1. The maximum absolute atomic E-state index is 12.2. The van der Waals surface area contributed by atoms with E-state index in [-0.39, 0.29) is 18.4 Å². The summed E-state index contributed by atoms with van der Waals surface area (Å²) in [7, 11) is 0. The lowest BCUT2D eigenvalue weighted by Gasteiger charge is -2.32. The molecule has 0 spiro atoms. The summed E-state index contributed by atoms with van der Waals surface area (Å²) in [6, 6.07) is -0.175. The number of hydrogen-bond donors (Lipinski definition) is 2. The average Bonchev–Trinajstić information content (AvgIpc) is 2.86. The molecule has 1 aromatic heterocycles. The zero-order valence-electron chi connectivity index (χ0n) is 12.5. The minimum absolute atomic E-state index is 0.0665. The van der Waals surface area contributed by atoms with Crippen molar-refractivity contribution in [3.8, 4) is 0 Å². The standard InChI is InChI=1S/C15H22N2O3S/c1-10-9-21-13(16-10)11(2)17-12(18)8-15(14(19)20)6-4-3-5-7-15/h9,11H,3-8H2,1-2H3,(H,17,18)(H,19,20). The first kappa shape index (κ1) is 15.9. The van der Waals surface area contributed by atoms with Crippen molar-refractivity contribution in [3.05, 3.63) is 16.1 Å². The predicted octanol–water partition coefficient (Wildman–Crippen LogP) is 3.05. The number of carbonyl (C=O) groups is 2. The molecule has 6 heteroatoms. The van der Waals surface area contributed by atoms with Gasteiger partial charge in [0.05, 0.1) is 11.5 Å². The zero-order valence-corrected chi connectivity index (χ0v) is 13.3. The highest BCUT2D eigenvalue weighted by Gasteiger charge is 2.41. The van der Waals surface area contributed by atoms with Crippen LogP contribution in [-0.2, 0) is 9.59 Å². The minimum Gasteiger partial charge on any atom is -0.481 e. The Bertz CT molecular complexity index is 521. The number of carbonyl (C=O) groups excluding carboxylic acids is 1. The van der Waals surface area contributed by atoms with E-state index in [2.05, 4.69) is 10.3 Å². The van der Waals surface area contributed by atoms with Crippen LogP contribution in [0.15, 0.2) is 5.38 Å². The third kappa shape index (κ3) is 3.81. The van der Waals surface area contributed by atoms with Crippen molar-refractivity contribution in [1.29, 1.82) is 0 Å². The summed E-state index contributed by atoms with van der Waals surface area (Å²) >= 11 is 1.51. The van der Waals surface area contributed by atoms with Crippen LogP contribution < -0.4 is 5.32 Å². The number of aliphatic carboxylic acids is 1. The largest absolute Gasteiger partial charge is 0.481 e. The normalized spacial score (nSPS) is 19.0. The molecule has 2 rings (SSSR count). The van der Waals surface area contributed by atoms with Crippen LogP contribution in [0.25, 0.3) is 0 Å². The number of rotatable bonds is 5. The molecule has 1 aromatic rings. The molecule has 0 aromatic carbocycles. The van der Waals surface area contributed by atoms with Crippen molar-refractivity contribution in [3.63, 3.8) is 0 Å². The van der Waals surface area contributed by atoms with Crippen LogP contribution in [0.2, 0.25) is 0 Å². The van der Waals surface area contributed by atoms with E-state index < -0.39 is 11.4 Å². The topological polar surface area (TPSA) is 79.3 Å². The lowest BCUT2D eigenvalue weighted by atomic mass is 9.71. The fourth-order valence-corrected chi connectivity index (χ4v) is 3.73. The smallest absolute Gasteiger partial charge is 0.310 e. The molecule has 0 aliphatic heterocycles. The first-order chi connectivity index (χ1) is 9.93. The summed E-state index contributed by atoms with van der Waals surface area (Å²) < 4.78 is 0. The Labute approximate surface area is 128 Å². The Morgan fingerprint density at radius 3 is 2.62 bits per heavy atom. The number of nitrogens with zero attached hydrogens (tertiary/aromatic N) is 1. The van der Waals surface area contributed by atoms with Gasteiger partial charge in [0.2, 0.25) is 5.91 Å². The Morgan fingerprint density at radius 2 is 2.10 bits per heavy atom. The highest BCUT2D eigenvalue weighted by Crippen LogP contribution is 2.39. The van der Waals surface area contributed by atoms with Gasteiger partial charge in [0.15, 0.2) is 0 Å². The van der Waals surface area contributed by atoms with Crippen LogP contribution in [0.4, 0.5) is 0 Å². The van der Waals surface area contributed by atoms with Crippen LogP contribution >= 0.6 is 11.3 Å². The number of hydrogen-bond acceptors (Lipinski definition) is 4. The number of carboxylic acids is 1. The summed E-state index contributed by atoms with van der Waals surface area (Å²) in [5.41, 5.74) is 0.0614. The minimum atomic E-state index is -0.874. The van der Waals surface area contributed by atoms with E-state index >= 15 is 0 Å². The number of carboxylic acid groups (broad SMARTS) is 1. The predicted molar refractivity (Wildman–Crippen MR) is 81.2 cm³/mol. The van der Waals surface area contributed by atoms with Crippen LogP contribution in [0.5, 0.6) is 0 Å². The third-order valence-electron chi connectivity index (χ3n) is 4.15. The van der Waals surface area contributed by atoms with E-state index in [1.165, 1.54) is 11.3 Å². The molecule has 116 valence electrons. The summed E-state index contributed by atoms with van der Waals surface area (Å²) in [4.78, 5) is 28.1. The molecule has 1 heterocycles. The highest BCUT2D eigenvalue weighted by atomic mass is 32.1. The number of thiazole rings is 1. The molecule has 1 amide bonds. The molecule has 5 nitrogen and oxygen atoms in total. The van der Waals surface area contributed by atoms with E-state index in [9.17, 15) is 14.7 Å². The fourth-order valence-electron chi connectivity index (χ4n) is 2.93. The second-order valence-corrected chi connectivity index (χ2v) is 6.83. The Balaban J connectivity index is 1.98. The van der Waals surface area contributed by atoms with Crippen LogP contribution in [0, 0.1) is 12.3 Å². The van der Waals surface area contributed by atoms with Crippen molar-refractivity contribution in [2.45, 2.75) is 58.4 Å². The van der Waals surface area contributed by atoms with Crippen molar-refractivity contribution in [1.82, 2.24) is 10.3 Å². The molecule has 1 fully saturated rings. The molecule has 0 radical (unpaired) electrons. The number of nitrogens with one attached hydrogen (secondary N) is 1. The van der Waals surface area contributed by atoms with Gasteiger partial charge in [0.25, 0.3) is 0 Å². The van der Waals surface area contributed by atoms with E-state index in [0.717, 1.165) is 30.0 Å². The van der Waals surface area contributed by atoms with Gasteiger partial charge in [-0.3, -0.25) is 9.59 Å². The second kappa shape index (κ2) is 6.56. The summed E-state index contributed by atoms with van der Waals surface area (Å²) in [6.07, 6.45) is 4.10. The van der Waals surface area contributed by atoms with Gasteiger partial charge in [-0.25, -0.2) is 4.98 Å². The summed E-state index contributed by atoms with van der Waals surface area (Å²) in [5, 5.41) is 15.2. The van der Waals surface area contributed by atoms with Gasteiger partial charge < -0.3 is 10.4 Å². The zero-order chi connectivity index (χ0) is 15.5. The molecule has 2 N–H and O–H groups in total. The van der Waals surface area contributed by atoms with E-state index in [1.54, 1.807) is 0 Å². The number of aromatic nitrogens is 1. The van der Waals surface area contributed by atoms with Crippen LogP contribution in [0.3, 0.4) is 0 Å². The molecule has 1 saturated carbocycles. The quantitative estimate of drug-likeness (QED) is 0.876. The van der Waals surface area contributed by atoms with Gasteiger partial charge in [-0.1, -0.05) is 19.3 Å². The van der Waals surface area contributed by atoms with Crippen molar-refractivity contribution >= 4 is 23.2 Å². The molecule has 0 bridgehead atoms. The van der Waals surface area contributed by atoms with Crippen LogP contribution in [-0.4, -0.2) is 22.0 Å². The molecule has 21 heavy (non-hydrogen) atoms. The van der Waals surface area contributed by atoms with Gasteiger partial charge in [-0.15, -0.1) is 11.3 Å². The average molecular weight is 310 g/mol. The van der Waals surface area contributed by atoms with E-state index in [0.29, 0.717) is 12.8 Å². The lowest BCUT2D eigenvalue weighted by molar-refractivity contribution is -0.154. The molecule has 1 aliphatic carbocycles. The molecule has 1 unspecified atom stereocenters. The maximum atomic E-state index is 12.2. The number of aryl methyl sites for hydroxylation is 1. The molecular weight excluding hydrogens is 288 g/mol. The second-order valence-electron chi connectivity index (χ2n) is 5.94. The monoisotopic (exact) mass is 310 g/mol. The Hall–Kier alpha value is -1.43. The first-order valence-corrected chi connectivity index (χ1v) is 8.26. The molecule has 0 saturated heterocycles. The summed E-state index contributed by atoms with van der Waals surface area (Å²) in [6.45, 7) is 3.79. The highest BCUT2D eigenvalue weighted by molar-refractivity contribution is 7.09. The van der Waals surface area contributed by atoms with Crippen molar-refractivity contribution in [2.75, 3.05) is 0 Å². The van der Waals surface area contributed by atoms with Crippen LogP contribution in [0.1, 0.15) is 62.2 Å². The van der Waals surface area contributed by atoms with Crippen molar-refractivity contribution in [2.24, 2.45) is 5.41 Å². The van der Waals surface area contributed by atoms with Gasteiger partial charge in [0, 0.05) is 17.5 Å². The maximum Gasteiger partial charge on any atom is 0.310 e. The third-order valence-corrected chi connectivity index (χ3v) is 5.29. The number of amides is 1. The van der Waals surface area contributed by atoms with Gasteiger partial charge in [-0.2, -0.15) is 0 Å². The molecular formula is C15H22N2O3S. The van der Waals surface area contributed by atoms with Gasteiger partial charge in [-0.05, 0) is 26.7 Å². The fraction of sp³-hybridized carbons (Fsp3) is 0.667. The Morgan fingerprint density at radius 1 is 1.43 bits per heavy atom. The lowest BCUT2D eigenvalue weighted by Crippen LogP contribution is -2.39. The van der Waals surface area contributed by atoms with E-state index in [4.69, 9.17) is 0 Å². The van der Waals surface area contributed by atoms with E-state index in [1.807, 2.05) is 19.2 Å². The Kier molecular flexibility index (Phi) is 4.98.